The van der Waals surface area contributed by atoms with E-state index in [9.17, 15) is 4.39 Å². The van der Waals surface area contributed by atoms with Crippen LogP contribution in [0.4, 0.5) is 10.1 Å². The molecule has 0 aliphatic carbocycles. The third kappa shape index (κ3) is 2.75. The smallest absolute Gasteiger partial charge is 0.129 e. The Bertz CT molecular complexity index is 525. The lowest BCUT2D eigenvalue weighted by atomic mass is 10.2. The number of hydrogen-bond donors (Lipinski definition) is 1. The SMILES string of the molecule is Cc1cc(OCc2ccccc2F)ccc1N. The Hall–Kier alpha value is -2.03. The van der Waals surface area contributed by atoms with Crippen molar-refractivity contribution < 1.29 is 9.13 Å². The molecule has 2 nitrogen and oxygen atoms in total. The number of aryl methyl sites for hydroxylation is 1. The van der Waals surface area contributed by atoms with Gasteiger partial charge in [0.25, 0.3) is 0 Å². The summed E-state index contributed by atoms with van der Waals surface area (Å²) in [5.74, 6) is 0.444. The Morgan fingerprint density at radius 3 is 2.65 bits per heavy atom. The first-order valence-corrected chi connectivity index (χ1v) is 5.39. The van der Waals surface area contributed by atoms with Crippen molar-refractivity contribution in [1.29, 1.82) is 0 Å². The third-order valence-electron chi connectivity index (χ3n) is 2.59. The molecule has 0 saturated heterocycles. The third-order valence-corrected chi connectivity index (χ3v) is 2.59. The lowest BCUT2D eigenvalue weighted by molar-refractivity contribution is 0.299. The van der Waals surface area contributed by atoms with E-state index in [2.05, 4.69) is 0 Å². The fourth-order valence-electron chi connectivity index (χ4n) is 1.51. The number of halogens is 1. The second-order valence-electron chi connectivity index (χ2n) is 3.90. The number of nitrogens with two attached hydrogens (primary N) is 1. The van der Waals surface area contributed by atoms with Gasteiger partial charge >= 0.3 is 0 Å². The second kappa shape index (κ2) is 4.87. The van der Waals surface area contributed by atoms with Crippen LogP contribution in [-0.4, -0.2) is 0 Å². The van der Waals surface area contributed by atoms with Crippen LogP contribution in [0.1, 0.15) is 11.1 Å². The average Bonchev–Trinajstić information content (AvgIpc) is 2.32. The summed E-state index contributed by atoms with van der Waals surface area (Å²) >= 11 is 0. The topological polar surface area (TPSA) is 35.2 Å². The highest BCUT2D eigenvalue weighted by molar-refractivity contribution is 5.49. The maximum absolute atomic E-state index is 13.3. The predicted molar refractivity (Wildman–Crippen MR) is 66.3 cm³/mol. The van der Waals surface area contributed by atoms with Gasteiger partial charge in [0.2, 0.25) is 0 Å². The van der Waals surface area contributed by atoms with Crippen molar-refractivity contribution in [3.63, 3.8) is 0 Å². The van der Waals surface area contributed by atoms with E-state index < -0.39 is 0 Å². The predicted octanol–water partition coefficient (Wildman–Crippen LogP) is 3.30. The van der Waals surface area contributed by atoms with Crippen LogP contribution in [0.2, 0.25) is 0 Å². The Kier molecular flexibility index (Phi) is 3.28. The first-order chi connectivity index (χ1) is 8.16. The van der Waals surface area contributed by atoms with Crippen LogP contribution in [0.5, 0.6) is 5.75 Å². The molecular formula is C14H14FNO. The number of ether oxygens (including phenoxy) is 1. The zero-order valence-corrected chi connectivity index (χ0v) is 9.61. The van der Waals surface area contributed by atoms with Crippen LogP contribution in [0.25, 0.3) is 0 Å². The van der Waals surface area contributed by atoms with Gasteiger partial charge in [-0.1, -0.05) is 18.2 Å². The highest BCUT2D eigenvalue weighted by atomic mass is 19.1. The van der Waals surface area contributed by atoms with Crippen LogP contribution in [0.3, 0.4) is 0 Å². The summed E-state index contributed by atoms with van der Waals surface area (Å²) in [5, 5.41) is 0. The van der Waals surface area contributed by atoms with Crippen molar-refractivity contribution >= 4 is 5.69 Å². The van der Waals surface area contributed by atoms with E-state index >= 15 is 0 Å². The number of benzene rings is 2. The van der Waals surface area contributed by atoms with E-state index in [1.807, 2.05) is 13.0 Å². The zero-order chi connectivity index (χ0) is 12.3. The van der Waals surface area contributed by atoms with Gasteiger partial charge < -0.3 is 10.5 Å². The molecule has 0 spiro atoms. The zero-order valence-electron chi connectivity index (χ0n) is 9.61. The summed E-state index contributed by atoms with van der Waals surface area (Å²) in [5.41, 5.74) is 7.93. The molecule has 0 aliphatic heterocycles. The molecule has 0 fully saturated rings. The number of anilines is 1. The minimum atomic E-state index is -0.250. The number of hydrogen-bond acceptors (Lipinski definition) is 2. The molecule has 2 N–H and O–H groups in total. The van der Waals surface area contributed by atoms with Gasteiger partial charge in [0, 0.05) is 11.3 Å². The van der Waals surface area contributed by atoms with E-state index in [1.54, 1.807) is 30.3 Å². The van der Waals surface area contributed by atoms with E-state index in [1.165, 1.54) is 6.07 Å². The van der Waals surface area contributed by atoms with Crippen LogP contribution in [0.15, 0.2) is 42.5 Å². The van der Waals surface area contributed by atoms with Crippen molar-refractivity contribution in [3.8, 4) is 5.75 Å². The molecule has 2 aromatic carbocycles. The van der Waals surface area contributed by atoms with Crippen molar-refractivity contribution in [1.82, 2.24) is 0 Å². The molecule has 0 heterocycles. The Morgan fingerprint density at radius 1 is 1.18 bits per heavy atom. The molecule has 0 aromatic heterocycles. The molecule has 3 heteroatoms. The molecule has 0 unspecified atom stereocenters. The van der Waals surface area contributed by atoms with E-state index in [-0.39, 0.29) is 12.4 Å². The maximum Gasteiger partial charge on any atom is 0.129 e. The van der Waals surface area contributed by atoms with Gasteiger partial charge in [0.15, 0.2) is 0 Å². The largest absolute Gasteiger partial charge is 0.489 e. The fourth-order valence-corrected chi connectivity index (χ4v) is 1.51. The normalized spacial score (nSPS) is 10.2. The molecule has 17 heavy (non-hydrogen) atoms. The highest BCUT2D eigenvalue weighted by Gasteiger charge is 2.02. The quantitative estimate of drug-likeness (QED) is 0.822. The van der Waals surface area contributed by atoms with Crippen LogP contribution in [0, 0.1) is 12.7 Å². The monoisotopic (exact) mass is 231 g/mol. The van der Waals surface area contributed by atoms with E-state index in [4.69, 9.17) is 10.5 Å². The summed E-state index contributed by atoms with van der Waals surface area (Å²) in [6, 6.07) is 12.0. The molecule has 88 valence electrons. The maximum atomic E-state index is 13.3. The molecule has 0 radical (unpaired) electrons. The minimum absolute atomic E-state index is 0.218. The van der Waals surface area contributed by atoms with Gasteiger partial charge in [0.05, 0.1) is 0 Å². The first-order valence-electron chi connectivity index (χ1n) is 5.39. The lowest BCUT2D eigenvalue weighted by Gasteiger charge is -2.08. The molecule has 2 aromatic rings. The molecule has 0 saturated carbocycles. The van der Waals surface area contributed by atoms with Crippen LogP contribution < -0.4 is 10.5 Å². The average molecular weight is 231 g/mol. The number of nitrogen functional groups attached to an aromatic ring is 1. The molecule has 0 amide bonds. The van der Waals surface area contributed by atoms with Crippen molar-refractivity contribution in [2.24, 2.45) is 0 Å². The van der Waals surface area contributed by atoms with Crippen LogP contribution >= 0.6 is 0 Å². The fraction of sp³-hybridized carbons (Fsp3) is 0.143. The Balaban J connectivity index is 2.08. The van der Waals surface area contributed by atoms with Gasteiger partial charge in [-0.2, -0.15) is 0 Å². The number of rotatable bonds is 3. The molecule has 0 atom stereocenters. The molecular weight excluding hydrogens is 217 g/mol. The van der Waals surface area contributed by atoms with Crippen molar-refractivity contribution in [2.45, 2.75) is 13.5 Å². The lowest BCUT2D eigenvalue weighted by Crippen LogP contribution is -1.99. The first kappa shape index (κ1) is 11.5. The Morgan fingerprint density at radius 2 is 1.94 bits per heavy atom. The van der Waals surface area contributed by atoms with Gasteiger partial charge in [-0.3, -0.25) is 0 Å². The molecule has 0 aliphatic rings. The highest BCUT2D eigenvalue weighted by Crippen LogP contribution is 2.20. The second-order valence-corrected chi connectivity index (χ2v) is 3.90. The van der Waals surface area contributed by atoms with Gasteiger partial charge in [-0.25, -0.2) is 4.39 Å². The molecule has 2 rings (SSSR count). The summed E-state index contributed by atoms with van der Waals surface area (Å²) < 4.78 is 18.8. The Labute approximate surface area is 99.8 Å². The van der Waals surface area contributed by atoms with Crippen LogP contribution in [-0.2, 0) is 6.61 Å². The van der Waals surface area contributed by atoms with Crippen molar-refractivity contribution in [2.75, 3.05) is 5.73 Å². The summed E-state index contributed by atoms with van der Waals surface area (Å²) in [6.07, 6.45) is 0. The van der Waals surface area contributed by atoms with Gasteiger partial charge in [0.1, 0.15) is 18.2 Å². The van der Waals surface area contributed by atoms with Crippen molar-refractivity contribution in [3.05, 3.63) is 59.4 Å². The van der Waals surface area contributed by atoms with E-state index in [0.29, 0.717) is 11.3 Å². The van der Waals surface area contributed by atoms with E-state index in [0.717, 1.165) is 11.3 Å². The molecule has 0 bridgehead atoms. The standard InChI is InChI=1S/C14H14FNO/c1-10-8-12(6-7-14(10)16)17-9-11-4-2-3-5-13(11)15/h2-8H,9,16H2,1H3. The summed E-state index contributed by atoms with van der Waals surface area (Å²) in [6.45, 7) is 2.13. The summed E-state index contributed by atoms with van der Waals surface area (Å²) in [4.78, 5) is 0. The summed E-state index contributed by atoms with van der Waals surface area (Å²) in [7, 11) is 0. The van der Waals surface area contributed by atoms with Gasteiger partial charge in [-0.15, -0.1) is 0 Å². The minimum Gasteiger partial charge on any atom is -0.489 e. The van der Waals surface area contributed by atoms with Gasteiger partial charge in [-0.05, 0) is 36.8 Å².